The highest BCUT2D eigenvalue weighted by atomic mass is 15.1. The van der Waals surface area contributed by atoms with E-state index in [1.807, 2.05) is 0 Å². The minimum atomic E-state index is 0.0668. The van der Waals surface area contributed by atoms with E-state index in [0.29, 0.717) is 11.8 Å². The van der Waals surface area contributed by atoms with Gasteiger partial charge in [-0.15, -0.1) is 0 Å². The minimum absolute atomic E-state index is 0.0668. The van der Waals surface area contributed by atoms with Gasteiger partial charge in [0, 0.05) is 27.6 Å². The average Bonchev–Trinajstić information content (AvgIpc) is 3.91. The van der Waals surface area contributed by atoms with Gasteiger partial charge < -0.3 is 4.90 Å². The highest BCUT2D eigenvalue weighted by Crippen LogP contribution is 2.66. The summed E-state index contributed by atoms with van der Waals surface area (Å²) in [4.78, 5) is 2.66. The predicted octanol–water partition coefficient (Wildman–Crippen LogP) is 14.2. The molecule has 0 radical (unpaired) electrons. The van der Waals surface area contributed by atoms with Crippen molar-refractivity contribution in [3.05, 3.63) is 162 Å². The van der Waals surface area contributed by atoms with Crippen molar-refractivity contribution >= 4 is 17.1 Å². The van der Waals surface area contributed by atoms with E-state index in [0.717, 1.165) is 5.92 Å². The maximum absolute atomic E-state index is 2.68. The monoisotopic (exact) mass is 687 g/mol. The van der Waals surface area contributed by atoms with Crippen LogP contribution in [0.3, 0.4) is 0 Å². The van der Waals surface area contributed by atoms with E-state index in [2.05, 4.69) is 151 Å². The van der Waals surface area contributed by atoms with Gasteiger partial charge in [0.2, 0.25) is 0 Å². The molecule has 53 heavy (non-hydrogen) atoms. The Morgan fingerprint density at radius 2 is 1.23 bits per heavy atom. The molecule has 5 aliphatic rings. The summed E-state index contributed by atoms with van der Waals surface area (Å²) in [7, 11) is 0. The van der Waals surface area contributed by atoms with E-state index in [1.54, 1.807) is 16.7 Å². The third-order valence-corrected chi connectivity index (χ3v) is 14.7. The van der Waals surface area contributed by atoms with Crippen LogP contribution in [0.1, 0.15) is 93.4 Å². The van der Waals surface area contributed by atoms with E-state index < -0.39 is 0 Å². The molecule has 6 aromatic rings. The zero-order valence-corrected chi connectivity index (χ0v) is 31.0. The summed E-state index contributed by atoms with van der Waals surface area (Å²) in [6.07, 6.45) is 13.2. The van der Waals surface area contributed by atoms with Gasteiger partial charge >= 0.3 is 0 Å². The SMILES string of the molecule is CCC1CC2CCCC(C2)C12c1ccccc1-c1ccc(N(c3ccccc3-c3ccccc3)c3cccc4c3-c3ccccc3C43CCCC3)cc12. The van der Waals surface area contributed by atoms with Crippen molar-refractivity contribution in [3.63, 3.8) is 0 Å². The van der Waals surface area contributed by atoms with Crippen LogP contribution in [0.5, 0.6) is 0 Å². The number of anilines is 3. The van der Waals surface area contributed by atoms with E-state index >= 15 is 0 Å². The minimum Gasteiger partial charge on any atom is -0.309 e. The summed E-state index contributed by atoms with van der Waals surface area (Å²) >= 11 is 0. The van der Waals surface area contributed by atoms with Crippen LogP contribution in [0.15, 0.2) is 140 Å². The molecule has 0 heterocycles. The van der Waals surface area contributed by atoms with Crippen LogP contribution in [0.4, 0.5) is 17.1 Å². The van der Waals surface area contributed by atoms with E-state index in [9.17, 15) is 0 Å². The molecule has 5 aliphatic carbocycles. The molecule has 3 fully saturated rings. The number of benzene rings is 6. The lowest BCUT2D eigenvalue weighted by Crippen LogP contribution is -2.48. The molecule has 6 aromatic carbocycles. The first-order chi connectivity index (χ1) is 26.2. The van der Waals surface area contributed by atoms with Crippen LogP contribution in [-0.2, 0) is 10.8 Å². The molecule has 1 heteroatoms. The molecular weight excluding hydrogens is 639 g/mol. The van der Waals surface area contributed by atoms with Crippen molar-refractivity contribution in [2.45, 2.75) is 82.0 Å². The second-order valence-electron chi connectivity index (χ2n) is 17.0. The molecule has 11 rings (SSSR count). The fraction of sp³-hybridized carbons (Fsp3) is 0.308. The molecule has 1 nitrogen and oxygen atoms in total. The van der Waals surface area contributed by atoms with Crippen molar-refractivity contribution in [1.29, 1.82) is 0 Å². The Hall–Kier alpha value is -4.88. The lowest BCUT2D eigenvalue weighted by Gasteiger charge is -2.54. The molecule has 2 spiro atoms. The fourth-order valence-electron chi connectivity index (χ4n) is 12.8. The van der Waals surface area contributed by atoms with Crippen LogP contribution >= 0.6 is 0 Å². The Kier molecular flexibility index (Phi) is 7.20. The van der Waals surface area contributed by atoms with Crippen LogP contribution in [0.25, 0.3) is 33.4 Å². The van der Waals surface area contributed by atoms with Crippen molar-refractivity contribution in [2.24, 2.45) is 17.8 Å². The summed E-state index contributed by atoms with van der Waals surface area (Å²) in [6.45, 7) is 2.48. The second kappa shape index (κ2) is 12.1. The third-order valence-electron chi connectivity index (χ3n) is 14.7. The number of hydrogen-bond acceptors (Lipinski definition) is 1. The molecule has 0 saturated heterocycles. The number of para-hydroxylation sites is 1. The van der Waals surface area contributed by atoms with Crippen molar-refractivity contribution in [1.82, 2.24) is 0 Å². The smallest absolute Gasteiger partial charge is 0.0543 e. The first-order valence-corrected chi connectivity index (χ1v) is 20.6. The van der Waals surface area contributed by atoms with Gasteiger partial charge in [-0.25, -0.2) is 0 Å². The predicted molar refractivity (Wildman–Crippen MR) is 221 cm³/mol. The molecular formula is C52H49N. The van der Waals surface area contributed by atoms with Gasteiger partial charge in [-0.2, -0.15) is 0 Å². The standard InChI is InChI=1S/C52H49N/c1-2-37-32-35-16-14-19-38(33-35)52(37)45-24-10-6-21-41(45)42-29-28-39(34-47(42)52)53(48-26-11-8-20-40(48)36-17-4-3-5-18-36)49-27-15-25-46-50(49)43-22-7-9-23-44(43)51(46)30-12-13-31-51/h3-11,15,17-18,20-29,34-35,37-38H,2,12-14,16,19,30-33H2,1H3. The van der Waals surface area contributed by atoms with E-state index in [1.165, 1.54) is 120 Å². The average molecular weight is 688 g/mol. The highest BCUT2D eigenvalue weighted by molar-refractivity contribution is 5.98. The maximum atomic E-state index is 2.68. The normalized spacial score (nSPS) is 24.1. The van der Waals surface area contributed by atoms with Gasteiger partial charge in [0.25, 0.3) is 0 Å². The lowest BCUT2D eigenvalue weighted by molar-refractivity contribution is 0.0557. The Bertz CT molecular complexity index is 2360. The van der Waals surface area contributed by atoms with Gasteiger partial charge in [0.15, 0.2) is 0 Å². The fourth-order valence-corrected chi connectivity index (χ4v) is 12.8. The molecule has 0 aliphatic heterocycles. The van der Waals surface area contributed by atoms with E-state index in [4.69, 9.17) is 0 Å². The summed E-state index contributed by atoms with van der Waals surface area (Å²) in [5, 5.41) is 0. The number of fused-ring (bicyclic) bond motifs is 13. The molecule has 0 N–H and O–H groups in total. The van der Waals surface area contributed by atoms with Gasteiger partial charge in [-0.3, -0.25) is 0 Å². The van der Waals surface area contributed by atoms with Crippen molar-refractivity contribution in [2.75, 3.05) is 4.90 Å². The lowest BCUT2D eigenvalue weighted by atomic mass is 9.50. The number of rotatable bonds is 5. The Labute approximate surface area is 315 Å². The van der Waals surface area contributed by atoms with Crippen molar-refractivity contribution in [3.8, 4) is 33.4 Å². The van der Waals surface area contributed by atoms with Gasteiger partial charge in [-0.05, 0) is 119 Å². The summed E-state index contributed by atoms with van der Waals surface area (Å²) in [5.74, 6) is 2.23. The Balaban J connectivity index is 1.20. The summed E-state index contributed by atoms with van der Waals surface area (Å²) in [5.41, 5.74) is 18.6. The zero-order chi connectivity index (χ0) is 35.1. The number of hydrogen-bond donors (Lipinski definition) is 0. The molecule has 4 atom stereocenters. The quantitative estimate of drug-likeness (QED) is 0.174. The molecule has 0 amide bonds. The van der Waals surface area contributed by atoms with Crippen molar-refractivity contribution < 1.29 is 0 Å². The maximum Gasteiger partial charge on any atom is 0.0543 e. The van der Waals surface area contributed by atoms with Gasteiger partial charge in [0.1, 0.15) is 0 Å². The highest BCUT2D eigenvalue weighted by Gasteiger charge is 2.56. The largest absolute Gasteiger partial charge is 0.309 e. The molecule has 2 bridgehead atoms. The molecule has 3 saturated carbocycles. The Morgan fingerprint density at radius 1 is 0.547 bits per heavy atom. The Morgan fingerprint density at radius 3 is 2.06 bits per heavy atom. The summed E-state index contributed by atoms with van der Waals surface area (Å²) in [6, 6.07) is 54.0. The molecule has 4 unspecified atom stereocenters. The van der Waals surface area contributed by atoms with Crippen LogP contribution in [0, 0.1) is 17.8 Å². The van der Waals surface area contributed by atoms with Crippen LogP contribution < -0.4 is 4.90 Å². The van der Waals surface area contributed by atoms with Gasteiger partial charge in [0.05, 0.1) is 11.4 Å². The summed E-state index contributed by atoms with van der Waals surface area (Å²) < 4.78 is 0. The first kappa shape index (κ1) is 31.6. The number of nitrogens with zero attached hydrogens (tertiary/aromatic N) is 1. The second-order valence-corrected chi connectivity index (χ2v) is 17.0. The molecule has 262 valence electrons. The molecule has 0 aromatic heterocycles. The topological polar surface area (TPSA) is 3.24 Å². The zero-order valence-electron chi connectivity index (χ0n) is 31.0. The van der Waals surface area contributed by atoms with Gasteiger partial charge in [-0.1, -0.05) is 154 Å². The van der Waals surface area contributed by atoms with E-state index in [-0.39, 0.29) is 10.8 Å². The third kappa shape index (κ3) is 4.37. The van der Waals surface area contributed by atoms with Crippen LogP contribution in [0.2, 0.25) is 0 Å². The van der Waals surface area contributed by atoms with Crippen LogP contribution in [-0.4, -0.2) is 0 Å². The first-order valence-electron chi connectivity index (χ1n) is 20.6.